The van der Waals surface area contributed by atoms with Crippen LogP contribution in [0.5, 0.6) is 5.88 Å². The Bertz CT molecular complexity index is 984. The molecule has 0 saturated carbocycles. The quantitative estimate of drug-likeness (QED) is 0.679. The predicted octanol–water partition coefficient (Wildman–Crippen LogP) is 1.69. The number of nitrogens with zero attached hydrogens (tertiary/aromatic N) is 7. The number of ether oxygens (including phenoxy) is 1. The molecule has 1 atom stereocenters. The van der Waals surface area contributed by atoms with Crippen LogP contribution in [0.1, 0.15) is 32.9 Å². The van der Waals surface area contributed by atoms with Crippen molar-refractivity contribution < 1.29 is 15.1 Å². The molecule has 3 aromatic rings. The van der Waals surface area contributed by atoms with Gasteiger partial charge in [-0.3, -0.25) is 4.68 Å². The molecule has 10 heteroatoms. The zero-order valence-electron chi connectivity index (χ0n) is 17.8. The first-order valence-corrected chi connectivity index (χ1v) is 9.54. The minimum Gasteiger partial charge on any atom is -0.471 e. The summed E-state index contributed by atoms with van der Waals surface area (Å²) >= 11 is 0. The van der Waals surface area contributed by atoms with E-state index in [1.165, 1.54) is 11.4 Å². The Morgan fingerprint density at radius 3 is 2.45 bits per heavy atom. The van der Waals surface area contributed by atoms with Gasteiger partial charge in [-0.2, -0.15) is 15.1 Å². The zero-order valence-corrected chi connectivity index (χ0v) is 17.8. The van der Waals surface area contributed by atoms with Crippen molar-refractivity contribution in [2.75, 3.05) is 13.1 Å². The highest BCUT2D eigenvalue weighted by Gasteiger charge is 2.25. The third kappa shape index (κ3) is 5.08. The number of aromatic nitrogens is 6. The van der Waals surface area contributed by atoms with Crippen molar-refractivity contribution in [3.05, 3.63) is 18.2 Å². The summed E-state index contributed by atoms with van der Waals surface area (Å²) < 4.78 is 9.63. The fourth-order valence-corrected chi connectivity index (χ4v) is 3.09. The summed E-state index contributed by atoms with van der Waals surface area (Å²) in [5.41, 5.74) is 2.68. The number of hydroxylamine groups is 2. The highest BCUT2D eigenvalue weighted by molar-refractivity contribution is 5.81. The molecule has 1 saturated heterocycles. The van der Waals surface area contributed by atoms with Crippen LogP contribution in [0.3, 0.4) is 0 Å². The first-order chi connectivity index (χ1) is 13.5. The van der Waals surface area contributed by atoms with Crippen molar-refractivity contribution in [2.45, 2.75) is 45.8 Å². The van der Waals surface area contributed by atoms with Crippen molar-refractivity contribution in [1.82, 2.24) is 34.4 Å². The van der Waals surface area contributed by atoms with E-state index in [0.29, 0.717) is 30.1 Å². The lowest BCUT2D eigenvalue weighted by Gasteiger charge is -2.11. The molecule has 0 aromatic carbocycles. The molecule has 0 amide bonds. The van der Waals surface area contributed by atoms with Crippen molar-refractivity contribution >= 4 is 11.2 Å². The topological polar surface area (TPSA) is 114 Å². The summed E-state index contributed by atoms with van der Waals surface area (Å²) in [6.07, 6.45) is 4.07. The number of fused-ring (bicyclic) bond motifs is 1. The van der Waals surface area contributed by atoms with Crippen LogP contribution in [0.25, 0.3) is 22.6 Å². The Morgan fingerprint density at radius 2 is 1.90 bits per heavy atom. The molecule has 158 valence electrons. The van der Waals surface area contributed by atoms with Gasteiger partial charge in [-0.25, -0.2) is 9.97 Å². The van der Waals surface area contributed by atoms with Gasteiger partial charge in [0.05, 0.1) is 23.4 Å². The van der Waals surface area contributed by atoms with Crippen molar-refractivity contribution in [3.63, 3.8) is 0 Å². The SMILES string of the molecule is CC(C)(C)O.Cc1nn(C)cc1-c1nc2c(O[C@H]3CCN(O)C3)ncnc2n1C. The Kier molecular flexibility index (Phi) is 5.87. The van der Waals surface area contributed by atoms with E-state index in [-0.39, 0.29) is 6.10 Å². The van der Waals surface area contributed by atoms with E-state index < -0.39 is 5.60 Å². The third-order valence-corrected chi connectivity index (χ3v) is 4.28. The first kappa shape index (κ1) is 21.2. The van der Waals surface area contributed by atoms with Gasteiger partial charge in [-0.1, -0.05) is 0 Å². The molecular formula is C19H29N7O3. The van der Waals surface area contributed by atoms with Gasteiger partial charge in [0.1, 0.15) is 18.3 Å². The minimum absolute atomic E-state index is 0.0984. The van der Waals surface area contributed by atoms with E-state index in [1.54, 1.807) is 25.5 Å². The number of aliphatic hydroxyl groups is 1. The monoisotopic (exact) mass is 403 g/mol. The van der Waals surface area contributed by atoms with Gasteiger partial charge in [0.15, 0.2) is 11.2 Å². The van der Waals surface area contributed by atoms with Crippen LogP contribution >= 0.6 is 0 Å². The van der Waals surface area contributed by atoms with Crippen LogP contribution in [0.15, 0.2) is 12.5 Å². The second-order valence-corrected chi connectivity index (χ2v) is 8.26. The Hall–Kier alpha value is -2.56. The molecule has 0 aliphatic carbocycles. The van der Waals surface area contributed by atoms with E-state index in [9.17, 15) is 5.21 Å². The summed E-state index contributed by atoms with van der Waals surface area (Å²) in [6, 6.07) is 0. The molecule has 4 heterocycles. The third-order valence-electron chi connectivity index (χ3n) is 4.28. The average Bonchev–Trinajstić information content (AvgIpc) is 3.25. The summed E-state index contributed by atoms with van der Waals surface area (Å²) in [4.78, 5) is 13.3. The van der Waals surface area contributed by atoms with Gasteiger partial charge in [-0.15, -0.1) is 0 Å². The lowest BCUT2D eigenvalue weighted by atomic mass is 10.2. The summed E-state index contributed by atoms with van der Waals surface area (Å²) in [6.45, 7) is 8.24. The maximum absolute atomic E-state index is 9.51. The number of rotatable bonds is 3. The predicted molar refractivity (Wildman–Crippen MR) is 108 cm³/mol. The largest absolute Gasteiger partial charge is 0.471 e. The maximum Gasteiger partial charge on any atom is 0.245 e. The van der Waals surface area contributed by atoms with E-state index in [4.69, 9.17) is 14.8 Å². The Balaban J connectivity index is 0.000000431. The van der Waals surface area contributed by atoms with Crippen molar-refractivity contribution in [1.29, 1.82) is 0 Å². The molecule has 0 spiro atoms. The van der Waals surface area contributed by atoms with Crippen LogP contribution in [0, 0.1) is 6.92 Å². The highest BCUT2D eigenvalue weighted by atomic mass is 16.5. The van der Waals surface area contributed by atoms with Crippen LogP contribution in [-0.2, 0) is 14.1 Å². The fraction of sp³-hybridized carbons (Fsp3) is 0.579. The molecule has 2 N–H and O–H groups in total. The standard InChI is InChI=1S/C15H19N7O2.C4H10O/c1-9-11(7-20(2)19-9)13-18-12-14(21(13)3)16-8-17-15(12)24-10-4-5-22(23)6-10;1-4(2,3)5/h7-8,10,23H,4-6H2,1-3H3;5H,1-3H3/t10-;/m0./s1. The number of aryl methyl sites for hydroxylation is 3. The molecular weight excluding hydrogens is 374 g/mol. The molecule has 1 aliphatic heterocycles. The van der Waals surface area contributed by atoms with Crippen LogP contribution in [0.4, 0.5) is 0 Å². The number of hydrogen-bond acceptors (Lipinski definition) is 8. The van der Waals surface area contributed by atoms with Gasteiger partial charge in [0, 0.05) is 33.3 Å². The molecule has 1 fully saturated rings. The van der Waals surface area contributed by atoms with Crippen LogP contribution < -0.4 is 4.74 Å². The van der Waals surface area contributed by atoms with E-state index in [2.05, 4.69) is 15.1 Å². The highest BCUT2D eigenvalue weighted by Crippen LogP contribution is 2.29. The smallest absolute Gasteiger partial charge is 0.245 e. The van der Waals surface area contributed by atoms with E-state index in [1.807, 2.05) is 31.8 Å². The average molecular weight is 403 g/mol. The molecule has 10 nitrogen and oxygen atoms in total. The molecule has 4 rings (SSSR count). The van der Waals surface area contributed by atoms with Gasteiger partial charge >= 0.3 is 0 Å². The van der Waals surface area contributed by atoms with Crippen molar-refractivity contribution in [3.8, 4) is 17.3 Å². The molecule has 3 aromatic heterocycles. The Morgan fingerprint density at radius 1 is 1.21 bits per heavy atom. The number of hydrogen-bond donors (Lipinski definition) is 2. The normalized spacial score (nSPS) is 17.4. The lowest BCUT2D eigenvalue weighted by molar-refractivity contribution is -0.0746. The molecule has 0 radical (unpaired) electrons. The molecule has 0 bridgehead atoms. The summed E-state index contributed by atoms with van der Waals surface area (Å²) in [7, 11) is 3.80. The summed E-state index contributed by atoms with van der Waals surface area (Å²) in [5, 5.41) is 23.7. The molecule has 0 unspecified atom stereocenters. The van der Waals surface area contributed by atoms with E-state index >= 15 is 0 Å². The molecule has 29 heavy (non-hydrogen) atoms. The van der Waals surface area contributed by atoms with Crippen LogP contribution in [-0.4, -0.2) is 69.5 Å². The van der Waals surface area contributed by atoms with Crippen LogP contribution in [0.2, 0.25) is 0 Å². The number of imidazole rings is 1. The van der Waals surface area contributed by atoms with Gasteiger partial charge in [-0.05, 0) is 27.7 Å². The van der Waals surface area contributed by atoms with Crippen molar-refractivity contribution in [2.24, 2.45) is 14.1 Å². The zero-order chi connectivity index (χ0) is 21.3. The fourth-order valence-electron chi connectivity index (χ4n) is 3.09. The summed E-state index contributed by atoms with van der Waals surface area (Å²) in [5.74, 6) is 1.22. The van der Waals surface area contributed by atoms with Gasteiger partial charge < -0.3 is 19.6 Å². The lowest BCUT2D eigenvalue weighted by Crippen LogP contribution is -2.22. The second kappa shape index (κ2) is 8.05. The maximum atomic E-state index is 9.51. The molecule has 1 aliphatic rings. The van der Waals surface area contributed by atoms with E-state index in [0.717, 1.165) is 23.5 Å². The van der Waals surface area contributed by atoms with Gasteiger partial charge in [0.25, 0.3) is 0 Å². The first-order valence-electron chi connectivity index (χ1n) is 9.54. The Labute approximate surface area is 169 Å². The second-order valence-electron chi connectivity index (χ2n) is 8.26. The van der Waals surface area contributed by atoms with Gasteiger partial charge in [0.2, 0.25) is 5.88 Å². The minimum atomic E-state index is -0.500.